The molecule has 0 fully saturated rings. The minimum Gasteiger partial charge on any atom is -0.205 e. The molecule has 1 aromatic carbocycles. The molecule has 2 aromatic rings. The summed E-state index contributed by atoms with van der Waals surface area (Å²) in [6.07, 6.45) is -2.57. The van der Waals surface area contributed by atoms with Gasteiger partial charge in [0.15, 0.2) is 0 Å². The number of hydrogen-bond donors (Lipinski definition) is 0. The van der Waals surface area contributed by atoms with Crippen molar-refractivity contribution in [1.82, 2.24) is 0 Å². The van der Waals surface area contributed by atoms with Gasteiger partial charge in [-0.25, -0.2) is 13.2 Å². The van der Waals surface area contributed by atoms with Gasteiger partial charge in [0.05, 0.1) is 9.58 Å². The van der Waals surface area contributed by atoms with E-state index in [2.05, 4.69) is 15.9 Å². The lowest BCUT2D eigenvalue weighted by Gasteiger charge is -1.93. The number of thiophene rings is 1. The van der Waals surface area contributed by atoms with Crippen molar-refractivity contribution in [3.05, 3.63) is 33.4 Å². The van der Waals surface area contributed by atoms with Crippen molar-refractivity contribution in [2.75, 3.05) is 0 Å². The molecule has 0 spiro atoms. The molecule has 74 valence electrons. The van der Waals surface area contributed by atoms with E-state index in [-0.39, 0.29) is 9.58 Å². The Balaban J connectivity index is 2.80. The van der Waals surface area contributed by atoms with Crippen molar-refractivity contribution in [2.24, 2.45) is 0 Å². The Morgan fingerprint density at radius 3 is 2.57 bits per heavy atom. The molecular formula is C9H4BrF3S. The molecule has 0 aliphatic carbocycles. The van der Waals surface area contributed by atoms with Crippen LogP contribution in [0.5, 0.6) is 0 Å². The molecule has 5 heteroatoms. The summed E-state index contributed by atoms with van der Waals surface area (Å²) < 4.78 is 38.7. The zero-order valence-corrected chi connectivity index (χ0v) is 9.13. The molecule has 0 nitrogen and oxygen atoms in total. The van der Waals surface area contributed by atoms with E-state index in [1.54, 1.807) is 6.07 Å². The van der Waals surface area contributed by atoms with Gasteiger partial charge in [0.2, 0.25) is 0 Å². The van der Waals surface area contributed by atoms with Crippen molar-refractivity contribution < 1.29 is 13.2 Å². The van der Waals surface area contributed by atoms with Crippen molar-refractivity contribution in [3.63, 3.8) is 0 Å². The monoisotopic (exact) mass is 280 g/mol. The van der Waals surface area contributed by atoms with E-state index in [1.807, 2.05) is 0 Å². The highest BCUT2D eigenvalue weighted by Gasteiger charge is 2.19. The lowest BCUT2D eigenvalue weighted by atomic mass is 10.2. The number of hydrogen-bond acceptors (Lipinski definition) is 1. The Kier molecular flexibility index (Phi) is 2.53. The second-order valence-corrected chi connectivity index (χ2v) is 4.54. The first kappa shape index (κ1) is 9.98. The normalized spacial score (nSPS) is 11.5. The van der Waals surface area contributed by atoms with Crippen LogP contribution in [-0.4, -0.2) is 0 Å². The summed E-state index contributed by atoms with van der Waals surface area (Å²) in [5.41, 5.74) is 0. The quantitative estimate of drug-likeness (QED) is 0.708. The summed E-state index contributed by atoms with van der Waals surface area (Å²) in [5.74, 6) is -0.458. The van der Waals surface area contributed by atoms with Crippen molar-refractivity contribution in [3.8, 4) is 0 Å². The Hall–Kier alpha value is -0.550. The van der Waals surface area contributed by atoms with Crippen molar-refractivity contribution in [1.29, 1.82) is 0 Å². The predicted molar refractivity (Wildman–Crippen MR) is 54.4 cm³/mol. The van der Waals surface area contributed by atoms with Crippen LogP contribution in [0.2, 0.25) is 0 Å². The average Bonchev–Trinajstić information content (AvgIpc) is 2.46. The molecule has 0 N–H and O–H groups in total. The van der Waals surface area contributed by atoms with Gasteiger partial charge in [0.1, 0.15) is 5.82 Å². The van der Waals surface area contributed by atoms with Crippen molar-refractivity contribution in [2.45, 2.75) is 6.43 Å². The first-order valence-corrected chi connectivity index (χ1v) is 5.36. The first-order chi connectivity index (χ1) is 6.61. The van der Waals surface area contributed by atoms with Gasteiger partial charge in [-0.3, -0.25) is 0 Å². The summed E-state index contributed by atoms with van der Waals surface area (Å²) >= 11 is 3.84. The largest absolute Gasteiger partial charge is 0.273 e. The predicted octanol–water partition coefficient (Wildman–Crippen LogP) is 4.74. The van der Waals surface area contributed by atoms with Crippen LogP contribution in [0.25, 0.3) is 10.1 Å². The summed E-state index contributed by atoms with van der Waals surface area (Å²) in [6.45, 7) is 0. The van der Waals surface area contributed by atoms with Crippen LogP contribution in [0.1, 0.15) is 11.3 Å². The Morgan fingerprint density at radius 2 is 2.00 bits per heavy atom. The number of rotatable bonds is 1. The number of halogens is 4. The van der Waals surface area contributed by atoms with E-state index >= 15 is 0 Å². The van der Waals surface area contributed by atoms with Crippen molar-refractivity contribution >= 4 is 37.4 Å². The van der Waals surface area contributed by atoms with Gasteiger partial charge in [0, 0.05) is 9.86 Å². The fraction of sp³-hybridized carbons (Fsp3) is 0.111. The summed E-state index contributed by atoms with van der Waals surface area (Å²) in [4.78, 5) is -0.120. The summed E-state index contributed by atoms with van der Waals surface area (Å²) in [5, 5.41) is 0.505. The maximum absolute atomic E-state index is 13.2. The minimum absolute atomic E-state index is 0.120. The fourth-order valence-electron chi connectivity index (χ4n) is 1.21. The maximum Gasteiger partial charge on any atom is 0.273 e. The lowest BCUT2D eigenvalue weighted by molar-refractivity contribution is 0.155. The van der Waals surface area contributed by atoms with Gasteiger partial charge < -0.3 is 0 Å². The smallest absolute Gasteiger partial charge is 0.205 e. The third-order valence-electron chi connectivity index (χ3n) is 1.83. The molecule has 0 saturated carbocycles. The molecule has 0 bridgehead atoms. The van der Waals surface area contributed by atoms with Gasteiger partial charge >= 0.3 is 0 Å². The second kappa shape index (κ2) is 3.55. The molecule has 0 unspecified atom stereocenters. The highest BCUT2D eigenvalue weighted by Crippen LogP contribution is 2.41. The first-order valence-electron chi connectivity index (χ1n) is 3.76. The highest BCUT2D eigenvalue weighted by atomic mass is 79.9. The maximum atomic E-state index is 13.2. The van der Waals surface area contributed by atoms with Gasteiger partial charge in [-0.1, -0.05) is 12.1 Å². The van der Waals surface area contributed by atoms with Crippen LogP contribution in [0, 0.1) is 5.82 Å². The van der Waals surface area contributed by atoms with Gasteiger partial charge in [0.25, 0.3) is 6.43 Å². The molecule has 1 heterocycles. The van der Waals surface area contributed by atoms with Gasteiger partial charge in [-0.15, -0.1) is 11.3 Å². The fourth-order valence-corrected chi connectivity index (χ4v) is 3.04. The molecule has 0 saturated heterocycles. The van der Waals surface area contributed by atoms with Crippen LogP contribution in [-0.2, 0) is 0 Å². The molecule has 14 heavy (non-hydrogen) atoms. The van der Waals surface area contributed by atoms with Crippen LogP contribution in [0.4, 0.5) is 13.2 Å². The van der Waals surface area contributed by atoms with Crippen LogP contribution < -0.4 is 0 Å². The molecule has 0 aliphatic heterocycles. The Morgan fingerprint density at radius 1 is 1.29 bits per heavy atom. The average molecular weight is 281 g/mol. The number of benzene rings is 1. The molecule has 0 amide bonds. The van der Waals surface area contributed by atoms with Crippen LogP contribution in [0.15, 0.2) is 22.7 Å². The van der Waals surface area contributed by atoms with E-state index < -0.39 is 12.2 Å². The molecule has 1 aromatic heterocycles. The zero-order valence-electron chi connectivity index (χ0n) is 6.73. The summed E-state index contributed by atoms with van der Waals surface area (Å²) in [6, 6.07) is 4.38. The SMILES string of the molecule is Fc1cccc2c(Br)c(C(F)F)sc12. The van der Waals surface area contributed by atoms with E-state index in [0.717, 1.165) is 11.3 Å². The van der Waals surface area contributed by atoms with Crippen LogP contribution in [0.3, 0.4) is 0 Å². The van der Waals surface area contributed by atoms with E-state index in [9.17, 15) is 13.2 Å². The third-order valence-corrected chi connectivity index (χ3v) is 4.17. The van der Waals surface area contributed by atoms with E-state index in [0.29, 0.717) is 9.86 Å². The molecule has 2 rings (SSSR count). The third kappa shape index (κ3) is 1.44. The van der Waals surface area contributed by atoms with E-state index in [1.165, 1.54) is 12.1 Å². The number of alkyl halides is 2. The molecule has 0 aliphatic rings. The standard InChI is InChI=1S/C9H4BrF3S/c10-6-4-2-1-3-5(11)7(4)14-8(6)9(12)13/h1-3,9H. The highest BCUT2D eigenvalue weighted by molar-refractivity contribution is 9.10. The van der Waals surface area contributed by atoms with Gasteiger partial charge in [-0.2, -0.15) is 0 Å². The van der Waals surface area contributed by atoms with Gasteiger partial charge in [-0.05, 0) is 22.0 Å². The molecule has 0 atom stereocenters. The summed E-state index contributed by atoms with van der Waals surface area (Å²) in [7, 11) is 0. The Labute approximate surface area is 90.5 Å². The lowest BCUT2D eigenvalue weighted by Crippen LogP contribution is -1.76. The Bertz CT molecular complexity index is 478. The van der Waals surface area contributed by atoms with E-state index in [4.69, 9.17) is 0 Å². The second-order valence-electron chi connectivity index (χ2n) is 2.70. The molecule has 0 radical (unpaired) electrons. The topological polar surface area (TPSA) is 0 Å². The minimum atomic E-state index is -2.57. The van der Waals surface area contributed by atoms with Crippen LogP contribution >= 0.6 is 27.3 Å². The molecular weight excluding hydrogens is 277 g/mol. The zero-order chi connectivity index (χ0) is 10.3. The number of fused-ring (bicyclic) bond motifs is 1.